The molecule has 0 atom stereocenters. The number of aromatic hydroxyl groups is 1. The average molecular weight is 553 g/mol. The molecule has 210 valence electrons. The maximum Gasteiger partial charge on any atom is 0.407 e. The fourth-order valence-corrected chi connectivity index (χ4v) is 5.37. The molecular formula is C33H33FN4O3. The molecular weight excluding hydrogens is 519 g/mol. The van der Waals surface area contributed by atoms with Gasteiger partial charge in [-0.15, -0.1) is 0 Å². The highest BCUT2D eigenvalue weighted by Crippen LogP contribution is 2.42. The van der Waals surface area contributed by atoms with E-state index >= 15 is 0 Å². The summed E-state index contributed by atoms with van der Waals surface area (Å²) in [6, 6.07) is 15.8. The van der Waals surface area contributed by atoms with Crippen molar-refractivity contribution in [2.45, 2.75) is 52.2 Å². The van der Waals surface area contributed by atoms with Gasteiger partial charge in [0.25, 0.3) is 0 Å². The zero-order valence-electron chi connectivity index (χ0n) is 23.7. The number of fused-ring (bicyclic) bond motifs is 1. The van der Waals surface area contributed by atoms with Crippen molar-refractivity contribution in [1.82, 2.24) is 10.3 Å². The number of nitrogens with one attached hydrogen (secondary N) is 1. The minimum atomic E-state index is -0.570. The quantitative estimate of drug-likeness (QED) is 0.253. The van der Waals surface area contributed by atoms with Crippen LogP contribution in [0.25, 0.3) is 38.0 Å². The number of halogens is 1. The van der Waals surface area contributed by atoms with E-state index in [2.05, 4.69) is 15.1 Å². The number of rotatable bonds is 4. The third kappa shape index (κ3) is 6.09. The van der Waals surface area contributed by atoms with E-state index in [1.807, 2.05) is 52.0 Å². The number of ether oxygens (including phenoxy) is 1. The third-order valence-electron chi connectivity index (χ3n) is 7.17. The lowest BCUT2D eigenvalue weighted by Crippen LogP contribution is -2.46. The van der Waals surface area contributed by atoms with E-state index in [9.17, 15) is 14.3 Å². The van der Waals surface area contributed by atoms with Gasteiger partial charge < -0.3 is 20.1 Å². The number of pyridine rings is 1. The van der Waals surface area contributed by atoms with E-state index < -0.39 is 11.7 Å². The Morgan fingerprint density at radius 2 is 1.85 bits per heavy atom. The van der Waals surface area contributed by atoms with E-state index in [0.29, 0.717) is 31.5 Å². The van der Waals surface area contributed by atoms with Crippen LogP contribution >= 0.6 is 0 Å². The van der Waals surface area contributed by atoms with E-state index in [4.69, 9.17) is 16.3 Å². The van der Waals surface area contributed by atoms with Crippen LogP contribution in [0.15, 0.2) is 60.8 Å². The van der Waals surface area contributed by atoms with Crippen LogP contribution in [0.1, 0.15) is 39.2 Å². The third-order valence-corrected chi connectivity index (χ3v) is 7.17. The largest absolute Gasteiger partial charge is 0.518 e. The number of aryl methyl sites for hydroxylation is 1. The molecule has 2 heterocycles. The summed E-state index contributed by atoms with van der Waals surface area (Å²) in [5, 5.41) is 14.6. The second kappa shape index (κ2) is 11.1. The van der Waals surface area contributed by atoms with Crippen molar-refractivity contribution in [1.29, 1.82) is 0 Å². The standard InChI is InChI=1S/C33H33FN4O3/c1-20-15-22(17-23(34)16-20)27-19-36-28-10-9-21(25-7-6-8-29(35-5)31(25)39)18-26(28)30(27)38-13-11-24(12-14-38)37-32(40)41-33(2,3)4/h6-10,15-19,24,39H,11-14H2,1-4H3,(H,37,40). The van der Waals surface area contributed by atoms with Gasteiger partial charge in [-0.2, -0.15) is 0 Å². The molecule has 1 fully saturated rings. The van der Waals surface area contributed by atoms with Gasteiger partial charge in [0.05, 0.1) is 17.8 Å². The predicted octanol–water partition coefficient (Wildman–Crippen LogP) is 7.77. The molecule has 0 aliphatic carbocycles. The second-order valence-electron chi connectivity index (χ2n) is 11.5. The number of hydrogen-bond donors (Lipinski definition) is 2. The van der Waals surface area contributed by atoms with E-state index in [1.54, 1.807) is 24.4 Å². The maximum absolute atomic E-state index is 14.6. The summed E-state index contributed by atoms with van der Waals surface area (Å²) in [7, 11) is 0. The highest BCUT2D eigenvalue weighted by atomic mass is 19.1. The Kier molecular flexibility index (Phi) is 7.55. The molecule has 0 saturated carbocycles. The Labute approximate surface area is 239 Å². The van der Waals surface area contributed by atoms with Gasteiger partial charge in [0.2, 0.25) is 5.69 Å². The Balaban J connectivity index is 1.57. The van der Waals surface area contributed by atoms with Crippen LogP contribution in [-0.4, -0.2) is 40.9 Å². The van der Waals surface area contributed by atoms with Crippen molar-refractivity contribution in [2.24, 2.45) is 0 Å². The molecule has 0 bridgehead atoms. The van der Waals surface area contributed by atoms with E-state index in [1.165, 1.54) is 12.1 Å². The predicted molar refractivity (Wildman–Crippen MR) is 160 cm³/mol. The van der Waals surface area contributed by atoms with Crippen LogP contribution in [-0.2, 0) is 4.74 Å². The molecule has 4 aromatic rings. The maximum atomic E-state index is 14.6. The van der Waals surface area contributed by atoms with E-state index in [0.717, 1.165) is 38.8 Å². The number of phenols is 1. The summed E-state index contributed by atoms with van der Waals surface area (Å²) < 4.78 is 20.0. The molecule has 7 nitrogen and oxygen atoms in total. The first-order valence-corrected chi connectivity index (χ1v) is 13.7. The number of phenolic OH excluding ortho intramolecular Hbond substituents is 1. The zero-order chi connectivity index (χ0) is 29.3. The Bertz CT molecular complexity index is 1640. The van der Waals surface area contributed by atoms with Gasteiger partial charge in [0.1, 0.15) is 17.2 Å². The van der Waals surface area contributed by atoms with Crippen molar-refractivity contribution in [3.8, 4) is 28.0 Å². The SMILES string of the molecule is [C-]#[N+]c1cccc(-c2ccc3ncc(-c4cc(C)cc(F)c4)c(N4CCC(NC(=O)OC(C)(C)C)CC4)c3c2)c1O. The molecule has 1 amide bonds. The molecule has 5 rings (SSSR count). The number of amides is 1. The van der Waals surface area contributed by atoms with Gasteiger partial charge in [0, 0.05) is 41.8 Å². The van der Waals surface area contributed by atoms with Crippen molar-refractivity contribution in [2.75, 3.05) is 18.0 Å². The molecule has 2 N–H and O–H groups in total. The number of alkyl carbamates (subject to hydrolysis) is 1. The molecule has 0 unspecified atom stereocenters. The summed E-state index contributed by atoms with van der Waals surface area (Å²) in [5.41, 5.74) is 4.92. The van der Waals surface area contributed by atoms with Gasteiger partial charge in [-0.3, -0.25) is 4.98 Å². The van der Waals surface area contributed by atoms with Gasteiger partial charge in [0.15, 0.2) is 0 Å². The first-order valence-electron chi connectivity index (χ1n) is 13.7. The average Bonchev–Trinajstić information content (AvgIpc) is 2.91. The van der Waals surface area contributed by atoms with E-state index in [-0.39, 0.29) is 23.3 Å². The van der Waals surface area contributed by atoms with Crippen LogP contribution in [0.2, 0.25) is 0 Å². The lowest BCUT2D eigenvalue weighted by molar-refractivity contribution is 0.0497. The summed E-state index contributed by atoms with van der Waals surface area (Å²) in [5.74, 6) is -0.386. The summed E-state index contributed by atoms with van der Waals surface area (Å²) in [6.07, 6.45) is 2.77. The molecule has 8 heteroatoms. The minimum Gasteiger partial charge on any atom is -0.518 e. The fourth-order valence-electron chi connectivity index (χ4n) is 5.37. The Hall–Kier alpha value is -4.64. The number of hydrogen-bond acceptors (Lipinski definition) is 5. The lowest BCUT2D eigenvalue weighted by atomic mass is 9.95. The topological polar surface area (TPSA) is 79.1 Å². The molecule has 1 saturated heterocycles. The van der Waals surface area contributed by atoms with Crippen molar-refractivity contribution in [3.05, 3.63) is 83.6 Å². The number of aromatic nitrogens is 1. The van der Waals surface area contributed by atoms with Gasteiger partial charge >= 0.3 is 6.09 Å². The highest BCUT2D eigenvalue weighted by Gasteiger charge is 2.27. The van der Waals surface area contributed by atoms with Crippen LogP contribution in [0, 0.1) is 19.3 Å². The molecule has 1 aromatic heterocycles. The van der Waals surface area contributed by atoms with Gasteiger partial charge in [-0.25, -0.2) is 14.0 Å². The Morgan fingerprint density at radius 3 is 2.54 bits per heavy atom. The summed E-state index contributed by atoms with van der Waals surface area (Å²) >= 11 is 0. The zero-order valence-corrected chi connectivity index (χ0v) is 23.7. The normalized spacial score (nSPS) is 14.1. The minimum absolute atomic E-state index is 0.0297. The number of benzene rings is 3. The second-order valence-corrected chi connectivity index (χ2v) is 11.5. The number of anilines is 1. The highest BCUT2D eigenvalue weighted by molar-refractivity contribution is 6.02. The molecule has 0 spiro atoms. The Morgan fingerprint density at radius 1 is 1.10 bits per heavy atom. The number of carbonyl (C=O) groups excluding carboxylic acids is 1. The fraction of sp³-hybridized carbons (Fsp3) is 0.303. The smallest absolute Gasteiger partial charge is 0.407 e. The first-order chi connectivity index (χ1) is 19.5. The monoisotopic (exact) mass is 552 g/mol. The number of piperidine rings is 1. The lowest BCUT2D eigenvalue weighted by Gasteiger charge is -2.36. The number of para-hydroxylation sites is 1. The molecule has 1 aliphatic heterocycles. The first kappa shape index (κ1) is 27.9. The molecule has 41 heavy (non-hydrogen) atoms. The van der Waals surface area contributed by atoms with Gasteiger partial charge in [-0.1, -0.05) is 30.3 Å². The van der Waals surface area contributed by atoms with Crippen molar-refractivity contribution >= 4 is 28.4 Å². The van der Waals surface area contributed by atoms with Crippen molar-refractivity contribution < 1.29 is 19.0 Å². The van der Waals surface area contributed by atoms with Gasteiger partial charge in [-0.05, 0) is 81.5 Å². The molecule has 3 aromatic carbocycles. The van der Waals surface area contributed by atoms with Crippen LogP contribution in [0.3, 0.4) is 0 Å². The molecule has 1 aliphatic rings. The number of nitrogens with zero attached hydrogens (tertiary/aromatic N) is 3. The molecule has 0 radical (unpaired) electrons. The summed E-state index contributed by atoms with van der Waals surface area (Å²) in [6.45, 7) is 16.1. The van der Waals surface area contributed by atoms with Crippen LogP contribution in [0.5, 0.6) is 5.75 Å². The van der Waals surface area contributed by atoms with Crippen LogP contribution < -0.4 is 10.2 Å². The number of carbonyl (C=O) groups is 1. The van der Waals surface area contributed by atoms with Crippen molar-refractivity contribution in [3.63, 3.8) is 0 Å². The van der Waals surface area contributed by atoms with Crippen LogP contribution in [0.4, 0.5) is 20.6 Å². The summed E-state index contributed by atoms with van der Waals surface area (Å²) in [4.78, 5) is 22.8.